The minimum absolute atomic E-state index is 0.0275. The summed E-state index contributed by atoms with van der Waals surface area (Å²) >= 11 is 5.86. The van der Waals surface area contributed by atoms with Crippen molar-refractivity contribution in [3.05, 3.63) is 35.3 Å². The van der Waals surface area contributed by atoms with Crippen LogP contribution >= 0.6 is 11.6 Å². The van der Waals surface area contributed by atoms with E-state index in [9.17, 15) is 13.6 Å². The molecule has 0 atom stereocenters. The maximum atomic E-state index is 13.0. The third-order valence-corrected chi connectivity index (χ3v) is 2.69. The number of aromatic nitrogens is 1. The van der Waals surface area contributed by atoms with Gasteiger partial charge in [-0.15, -0.1) is 0 Å². The number of pyridine rings is 1. The van der Waals surface area contributed by atoms with Crippen molar-refractivity contribution in [2.75, 3.05) is 18.6 Å². The highest BCUT2D eigenvalue weighted by molar-refractivity contribution is 6.32. The molecule has 1 aromatic heterocycles. The second kappa shape index (κ2) is 4.53. The summed E-state index contributed by atoms with van der Waals surface area (Å²) in [5.74, 6) is -3.52. The fourth-order valence-electron chi connectivity index (χ4n) is 1.56. The van der Waals surface area contributed by atoms with Crippen LogP contribution in [0.2, 0.25) is 5.15 Å². The number of esters is 1. The Balaban J connectivity index is 2.27. The molecule has 4 nitrogen and oxygen atoms in total. The van der Waals surface area contributed by atoms with Crippen molar-refractivity contribution in [1.82, 2.24) is 4.98 Å². The molecule has 0 unspecified atom stereocenters. The number of ether oxygens (including phenoxy) is 1. The molecule has 2 heterocycles. The molecule has 96 valence electrons. The summed E-state index contributed by atoms with van der Waals surface area (Å²) in [6.45, 7) is -0.494. The summed E-state index contributed by atoms with van der Waals surface area (Å²) < 4.78 is 30.5. The highest BCUT2D eigenvalue weighted by Crippen LogP contribution is 2.32. The van der Waals surface area contributed by atoms with E-state index in [0.717, 1.165) is 6.08 Å². The van der Waals surface area contributed by atoms with Crippen LogP contribution in [0.4, 0.5) is 14.5 Å². The van der Waals surface area contributed by atoms with Crippen molar-refractivity contribution < 1.29 is 18.3 Å². The van der Waals surface area contributed by atoms with E-state index in [0.29, 0.717) is 5.69 Å². The van der Waals surface area contributed by atoms with Gasteiger partial charge in [-0.25, -0.2) is 9.78 Å². The van der Waals surface area contributed by atoms with Crippen LogP contribution in [0.3, 0.4) is 0 Å². The smallest absolute Gasteiger partial charge is 0.356 e. The molecule has 18 heavy (non-hydrogen) atoms. The lowest BCUT2D eigenvalue weighted by Crippen LogP contribution is -2.25. The van der Waals surface area contributed by atoms with E-state index in [1.165, 1.54) is 30.3 Å². The summed E-state index contributed by atoms with van der Waals surface area (Å²) in [4.78, 5) is 16.3. The molecule has 0 aromatic carbocycles. The van der Waals surface area contributed by atoms with Gasteiger partial charge < -0.3 is 9.64 Å². The SMILES string of the molecule is COC(=O)c1ccc(N2C=CC(F)(F)C2)c(Cl)n1. The fraction of sp³-hybridized carbons (Fsp3) is 0.273. The molecule has 7 heteroatoms. The van der Waals surface area contributed by atoms with Crippen LogP contribution in [0.25, 0.3) is 0 Å². The van der Waals surface area contributed by atoms with Crippen LogP contribution in [0.15, 0.2) is 24.4 Å². The number of nitrogens with zero attached hydrogens (tertiary/aromatic N) is 2. The third kappa shape index (κ3) is 2.43. The van der Waals surface area contributed by atoms with Gasteiger partial charge in [-0.1, -0.05) is 11.6 Å². The van der Waals surface area contributed by atoms with Crippen LogP contribution in [0, 0.1) is 0 Å². The molecule has 1 aromatic rings. The van der Waals surface area contributed by atoms with Crippen molar-refractivity contribution in [2.24, 2.45) is 0 Å². The van der Waals surface area contributed by atoms with E-state index in [1.807, 2.05) is 0 Å². The first-order chi connectivity index (χ1) is 8.43. The lowest BCUT2D eigenvalue weighted by Gasteiger charge is -2.18. The zero-order valence-corrected chi connectivity index (χ0v) is 10.1. The Morgan fingerprint density at radius 2 is 2.28 bits per heavy atom. The molecule has 0 saturated heterocycles. The molecular formula is C11H9ClF2N2O2. The molecule has 1 aliphatic rings. The topological polar surface area (TPSA) is 42.4 Å². The second-order valence-corrected chi connectivity index (χ2v) is 4.06. The van der Waals surface area contributed by atoms with Gasteiger partial charge in [-0.05, 0) is 12.1 Å². The van der Waals surface area contributed by atoms with Crippen LogP contribution < -0.4 is 4.90 Å². The van der Waals surface area contributed by atoms with Gasteiger partial charge in [0.2, 0.25) is 0 Å². The van der Waals surface area contributed by atoms with E-state index in [-0.39, 0.29) is 10.8 Å². The number of rotatable bonds is 2. The van der Waals surface area contributed by atoms with Gasteiger partial charge in [-0.2, -0.15) is 8.78 Å². The van der Waals surface area contributed by atoms with E-state index in [2.05, 4.69) is 9.72 Å². The predicted molar refractivity (Wildman–Crippen MR) is 62.0 cm³/mol. The molecule has 2 rings (SSSR count). The van der Waals surface area contributed by atoms with Crippen molar-refractivity contribution in [3.8, 4) is 0 Å². The highest BCUT2D eigenvalue weighted by atomic mass is 35.5. The van der Waals surface area contributed by atoms with Crippen LogP contribution in [-0.2, 0) is 4.74 Å². The number of carbonyl (C=O) groups excluding carboxylic acids is 1. The minimum atomic E-state index is -2.88. The molecule has 0 fully saturated rings. The summed E-state index contributed by atoms with van der Waals surface area (Å²) in [7, 11) is 1.22. The van der Waals surface area contributed by atoms with Crippen LogP contribution in [0.5, 0.6) is 0 Å². The molecule has 0 N–H and O–H groups in total. The number of hydrogen-bond donors (Lipinski definition) is 0. The Morgan fingerprint density at radius 3 is 2.78 bits per heavy atom. The molecule has 0 bridgehead atoms. The molecule has 0 aliphatic carbocycles. The maximum absolute atomic E-state index is 13.0. The zero-order valence-electron chi connectivity index (χ0n) is 9.36. The van der Waals surface area contributed by atoms with Crippen molar-refractivity contribution in [2.45, 2.75) is 5.92 Å². The van der Waals surface area contributed by atoms with E-state index >= 15 is 0 Å². The number of carbonyl (C=O) groups is 1. The average molecular weight is 275 g/mol. The minimum Gasteiger partial charge on any atom is -0.464 e. The Bertz CT molecular complexity index is 520. The quantitative estimate of drug-likeness (QED) is 0.614. The maximum Gasteiger partial charge on any atom is 0.356 e. The predicted octanol–water partition coefficient (Wildman–Crippen LogP) is 2.49. The number of alkyl halides is 2. The van der Waals surface area contributed by atoms with Gasteiger partial charge in [0.05, 0.1) is 19.3 Å². The van der Waals surface area contributed by atoms with E-state index < -0.39 is 18.4 Å². The van der Waals surface area contributed by atoms with Crippen LogP contribution in [0.1, 0.15) is 10.5 Å². The third-order valence-electron chi connectivity index (χ3n) is 2.41. The van der Waals surface area contributed by atoms with Crippen LogP contribution in [-0.4, -0.2) is 30.5 Å². The summed E-state index contributed by atoms with van der Waals surface area (Å²) in [6.07, 6.45) is 2.03. The number of methoxy groups -OCH3 is 1. The molecule has 0 amide bonds. The lowest BCUT2D eigenvalue weighted by molar-refractivity contribution is 0.0593. The highest BCUT2D eigenvalue weighted by Gasteiger charge is 2.34. The first-order valence-electron chi connectivity index (χ1n) is 5.01. The molecule has 0 radical (unpaired) electrons. The Hall–Kier alpha value is -1.69. The first kappa shape index (κ1) is 12.8. The zero-order chi connectivity index (χ0) is 13.3. The van der Waals surface area contributed by atoms with Gasteiger partial charge in [-0.3, -0.25) is 0 Å². The second-order valence-electron chi connectivity index (χ2n) is 3.70. The van der Waals surface area contributed by atoms with E-state index in [4.69, 9.17) is 11.6 Å². The standard InChI is InChI=1S/C11H9ClF2N2O2/c1-18-10(17)7-2-3-8(9(12)15-7)16-5-4-11(13,14)6-16/h2-5H,6H2,1H3. The molecule has 0 saturated carbocycles. The normalized spacial score (nSPS) is 17.0. The number of anilines is 1. The van der Waals surface area contributed by atoms with E-state index in [1.54, 1.807) is 0 Å². The monoisotopic (exact) mass is 274 g/mol. The molecule has 0 spiro atoms. The summed E-state index contributed by atoms with van der Waals surface area (Å²) in [5, 5.41) is -0.0275. The Morgan fingerprint density at radius 1 is 1.56 bits per heavy atom. The van der Waals surface area contributed by atoms with Crippen molar-refractivity contribution >= 4 is 23.3 Å². The Kier molecular flexibility index (Phi) is 3.21. The first-order valence-corrected chi connectivity index (χ1v) is 5.39. The van der Waals surface area contributed by atoms with Gasteiger partial charge in [0, 0.05) is 12.3 Å². The Labute approximate surface area is 107 Å². The lowest BCUT2D eigenvalue weighted by atomic mass is 10.3. The largest absolute Gasteiger partial charge is 0.464 e. The fourth-order valence-corrected chi connectivity index (χ4v) is 1.82. The average Bonchev–Trinajstić information content (AvgIpc) is 2.68. The van der Waals surface area contributed by atoms with Crippen molar-refractivity contribution in [3.63, 3.8) is 0 Å². The summed E-state index contributed by atoms with van der Waals surface area (Å²) in [6, 6.07) is 2.82. The number of halogens is 3. The van der Waals surface area contributed by atoms with Gasteiger partial charge in [0.15, 0.2) is 5.15 Å². The molecular weight excluding hydrogens is 266 g/mol. The van der Waals surface area contributed by atoms with Gasteiger partial charge >= 0.3 is 5.97 Å². The van der Waals surface area contributed by atoms with Gasteiger partial charge in [0.25, 0.3) is 5.92 Å². The summed E-state index contributed by atoms with van der Waals surface area (Å²) in [5.41, 5.74) is 0.346. The van der Waals surface area contributed by atoms with Crippen molar-refractivity contribution in [1.29, 1.82) is 0 Å². The van der Waals surface area contributed by atoms with Gasteiger partial charge in [0.1, 0.15) is 5.69 Å². The molecule has 1 aliphatic heterocycles. The number of hydrogen-bond acceptors (Lipinski definition) is 4.